The molecule has 0 fully saturated rings. The molecular formula is C16H18F3N. The van der Waals surface area contributed by atoms with Gasteiger partial charge in [0.15, 0.2) is 0 Å². The molecule has 0 bridgehead atoms. The number of pyridine rings is 1. The van der Waals surface area contributed by atoms with Gasteiger partial charge < -0.3 is 0 Å². The molecule has 2 aromatic rings. The van der Waals surface area contributed by atoms with Gasteiger partial charge in [-0.3, -0.25) is 4.98 Å². The van der Waals surface area contributed by atoms with Crippen LogP contribution >= 0.6 is 0 Å². The van der Waals surface area contributed by atoms with Crippen molar-refractivity contribution in [1.29, 1.82) is 0 Å². The quantitative estimate of drug-likeness (QED) is 0.770. The third-order valence-corrected chi connectivity index (χ3v) is 3.26. The van der Waals surface area contributed by atoms with Gasteiger partial charge in [0.2, 0.25) is 0 Å². The molecule has 0 spiro atoms. The van der Waals surface area contributed by atoms with Crippen molar-refractivity contribution >= 4 is 10.9 Å². The molecule has 0 aliphatic carbocycles. The van der Waals surface area contributed by atoms with Crippen LogP contribution in [-0.4, -0.2) is 4.98 Å². The van der Waals surface area contributed by atoms with Crippen molar-refractivity contribution < 1.29 is 13.2 Å². The number of alkyl halides is 3. The first-order chi connectivity index (χ1) is 9.31. The number of aromatic nitrogens is 1. The van der Waals surface area contributed by atoms with Gasteiger partial charge in [-0.05, 0) is 42.5 Å². The zero-order valence-electron chi connectivity index (χ0n) is 11.9. The van der Waals surface area contributed by atoms with Gasteiger partial charge in [-0.25, -0.2) is 0 Å². The van der Waals surface area contributed by atoms with E-state index in [0.717, 1.165) is 5.56 Å². The molecule has 1 aromatic carbocycles. The molecule has 0 N–H and O–H groups in total. The number of hydrogen-bond acceptors (Lipinski definition) is 1. The number of halogens is 3. The number of aryl methyl sites for hydroxylation is 1. The summed E-state index contributed by atoms with van der Waals surface area (Å²) in [5.41, 5.74) is 1.24. The summed E-state index contributed by atoms with van der Waals surface area (Å²) in [6, 6.07) is 6.33. The van der Waals surface area contributed by atoms with E-state index >= 15 is 0 Å². The van der Waals surface area contributed by atoms with Gasteiger partial charge in [0, 0.05) is 11.1 Å². The highest BCUT2D eigenvalue weighted by Crippen LogP contribution is 2.35. The van der Waals surface area contributed by atoms with E-state index in [4.69, 9.17) is 0 Å². The van der Waals surface area contributed by atoms with Crippen LogP contribution in [-0.2, 0) is 19.0 Å². The highest BCUT2D eigenvalue weighted by Gasteiger charge is 2.33. The SMILES string of the molecule is CCc1ccc2nc(CC(C)C)cc(C(F)(F)F)c2c1. The molecule has 1 heterocycles. The summed E-state index contributed by atoms with van der Waals surface area (Å²) in [6.07, 6.45) is -3.09. The fraction of sp³-hybridized carbons (Fsp3) is 0.438. The minimum atomic E-state index is -4.35. The first kappa shape index (κ1) is 14.8. The lowest BCUT2D eigenvalue weighted by atomic mass is 10.0. The van der Waals surface area contributed by atoms with Crippen LogP contribution in [0.4, 0.5) is 13.2 Å². The molecule has 108 valence electrons. The van der Waals surface area contributed by atoms with Gasteiger partial charge in [0.1, 0.15) is 0 Å². The standard InChI is InChI=1S/C16H18F3N/c1-4-11-5-6-15-13(8-11)14(16(17,18)19)9-12(20-15)7-10(2)3/h5-6,8-10H,4,7H2,1-3H3. The van der Waals surface area contributed by atoms with Crippen molar-refractivity contribution in [1.82, 2.24) is 4.98 Å². The van der Waals surface area contributed by atoms with E-state index in [9.17, 15) is 13.2 Å². The maximum absolute atomic E-state index is 13.2. The van der Waals surface area contributed by atoms with Gasteiger partial charge in [0.25, 0.3) is 0 Å². The monoisotopic (exact) mass is 281 g/mol. The van der Waals surface area contributed by atoms with Gasteiger partial charge in [0.05, 0.1) is 11.1 Å². The molecule has 20 heavy (non-hydrogen) atoms. The molecule has 4 heteroatoms. The molecule has 1 nitrogen and oxygen atoms in total. The molecule has 0 amide bonds. The van der Waals surface area contributed by atoms with Gasteiger partial charge >= 0.3 is 6.18 Å². The first-order valence-corrected chi connectivity index (χ1v) is 6.81. The Bertz CT molecular complexity index is 615. The van der Waals surface area contributed by atoms with E-state index in [1.807, 2.05) is 26.8 Å². The molecular weight excluding hydrogens is 263 g/mol. The Hall–Kier alpha value is -1.58. The predicted octanol–water partition coefficient (Wildman–Crippen LogP) is 5.01. The van der Waals surface area contributed by atoms with Crippen molar-refractivity contribution in [3.8, 4) is 0 Å². The Morgan fingerprint density at radius 1 is 1.15 bits per heavy atom. The Morgan fingerprint density at radius 3 is 2.40 bits per heavy atom. The second kappa shape index (κ2) is 5.43. The summed E-state index contributed by atoms with van der Waals surface area (Å²) in [4.78, 5) is 4.36. The molecule has 0 aliphatic rings. The van der Waals surface area contributed by atoms with Crippen LogP contribution in [0, 0.1) is 5.92 Å². The molecule has 1 aromatic heterocycles. The average Bonchev–Trinajstić information content (AvgIpc) is 2.35. The van der Waals surface area contributed by atoms with Crippen LogP contribution in [0.5, 0.6) is 0 Å². The van der Waals surface area contributed by atoms with E-state index in [1.165, 1.54) is 6.07 Å². The number of rotatable bonds is 3. The fourth-order valence-electron chi connectivity index (χ4n) is 2.31. The van der Waals surface area contributed by atoms with E-state index in [0.29, 0.717) is 24.1 Å². The molecule has 0 atom stereocenters. The zero-order valence-corrected chi connectivity index (χ0v) is 11.9. The largest absolute Gasteiger partial charge is 0.417 e. The smallest absolute Gasteiger partial charge is 0.253 e. The summed E-state index contributed by atoms with van der Waals surface area (Å²) in [5.74, 6) is 0.274. The second-order valence-electron chi connectivity index (χ2n) is 5.46. The summed E-state index contributed by atoms with van der Waals surface area (Å²) in [6.45, 7) is 5.87. The fourth-order valence-corrected chi connectivity index (χ4v) is 2.31. The molecule has 0 radical (unpaired) electrons. The minimum Gasteiger partial charge on any atom is -0.253 e. The average molecular weight is 281 g/mol. The van der Waals surface area contributed by atoms with Crippen LogP contribution in [0.25, 0.3) is 10.9 Å². The van der Waals surface area contributed by atoms with Crippen LogP contribution < -0.4 is 0 Å². The zero-order chi connectivity index (χ0) is 14.9. The Labute approximate surface area is 116 Å². The van der Waals surface area contributed by atoms with Gasteiger partial charge in [-0.1, -0.05) is 26.8 Å². The minimum absolute atomic E-state index is 0.198. The summed E-state index contributed by atoms with van der Waals surface area (Å²) < 4.78 is 39.7. The molecule has 0 saturated carbocycles. The Morgan fingerprint density at radius 2 is 1.85 bits per heavy atom. The lowest BCUT2D eigenvalue weighted by Crippen LogP contribution is -2.09. The normalized spacial score (nSPS) is 12.3. The van der Waals surface area contributed by atoms with Crippen molar-refractivity contribution in [2.75, 3.05) is 0 Å². The van der Waals surface area contributed by atoms with Crippen LogP contribution in [0.15, 0.2) is 24.3 Å². The van der Waals surface area contributed by atoms with E-state index < -0.39 is 11.7 Å². The highest BCUT2D eigenvalue weighted by atomic mass is 19.4. The number of benzene rings is 1. The number of nitrogens with zero attached hydrogens (tertiary/aromatic N) is 1. The summed E-state index contributed by atoms with van der Waals surface area (Å²) >= 11 is 0. The summed E-state index contributed by atoms with van der Waals surface area (Å²) in [5, 5.41) is 0.198. The predicted molar refractivity (Wildman–Crippen MR) is 74.7 cm³/mol. The van der Waals surface area contributed by atoms with Crippen LogP contribution in [0.1, 0.15) is 37.6 Å². The maximum Gasteiger partial charge on any atom is 0.417 e. The van der Waals surface area contributed by atoms with Crippen molar-refractivity contribution in [3.63, 3.8) is 0 Å². The molecule has 0 aliphatic heterocycles. The second-order valence-corrected chi connectivity index (χ2v) is 5.46. The molecule has 2 rings (SSSR count). The molecule has 0 saturated heterocycles. The number of hydrogen-bond donors (Lipinski definition) is 0. The maximum atomic E-state index is 13.2. The van der Waals surface area contributed by atoms with Crippen molar-refractivity contribution in [2.24, 2.45) is 5.92 Å². The van der Waals surface area contributed by atoms with Crippen LogP contribution in [0.2, 0.25) is 0 Å². The lowest BCUT2D eigenvalue weighted by molar-refractivity contribution is -0.136. The summed E-state index contributed by atoms with van der Waals surface area (Å²) in [7, 11) is 0. The number of fused-ring (bicyclic) bond motifs is 1. The van der Waals surface area contributed by atoms with Crippen molar-refractivity contribution in [3.05, 3.63) is 41.1 Å². The first-order valence-electron chi connectivity index (χ1n) is 6.81. The van der Waals surface area contributed by atoms with Gasteiger partial charge in [-0.15, -0.1) is 0 Å². The third-order valence-electron chi connectivity index (χ3n) is 3.26. The van der Waals surface area contributed by atoms with E-state index in [-0.39, 0.29) is 11.3 Å². The van der Waals surface area contributed by atoms with Crippen LogP contribution in [0.3, 0.4) is 0 Å². The van der Waals surface area contributed by atoms with Crippen molar-refractivity contribution in [2.45, 2.75) is 39.8 Å². The Kier molecular flexibility index (Phi) is 4.02. The highest BCUT2D eigenvalue weighted by molar-refractivity contribution is 5.83. The lowest BCUT2D eigenvalue weighted by Gasteiger charge is -2.14. The molecule has 0 unspecified atom stereocenters. The van der Waals surface area contributed by atoms with E-state index in [2.05, 4.69) is 4.98 Å². The Balaban J connectivity index is 2.68. The third kappa shape index (κ3) is 3.11. The topological polar surface area (TPSA) is 12.9 Å². The van der Waals surface area contributed by atoms with Gasteiger partial charge in [-0.2, -0.15) is 13.2 Å². The van der Waals surface area contributed by atoms with E-state index in [1.54, 1.807) is 12.1 Å².